The zero-order valence-corrected chi connectivity index (χ0v) is 11.7. The number of hydrogen-bond donors (Lipinski definition) is 2. The second-order valence-corrected chi connectivity index (χ2v) is 5.21. The lowest BCUT2D eigenvalue weighted by Gasteiger charge is -2.16. The molecule has 92 valence electrons. The highest BCUT2D eigenvalue weighted by atomic mass is 127. The summed E-state index contributed by atoms with van der Waals surface area (Å²) in [5.74, 6) is 0. The second kappa shape index (κ2) is 5.68. The van der Waals surface area contributed by atoms with Crippen molar-refractivity contribution < 1.29 is 9.53 Å². The molecule has 1 fully saturated rings. The van der Waals surface area contributed by atoms with E-state index in [0.29, 0.717) is 0 Å². The third-order valence-corrected chi connectivity index (χ3v) is 3.76. The van der Waals surface area contributed by atoms with E-state index < -0.39 is 0 Å². The van der Waals surface area contributed by atoms with Crippen LogP contribution in [0.1, 0.15) is 13.3 Å². The summed E-state index contributed by atoms with van der Waals surface area (Å²) in [4.78, 5) is 11.8. The van der Waals surface area contributed by atoms with Gasteiger partial charge in [0.2, 0.25) is 0 Å². The van der Waals surface area contributed by atoms with Crippen LogP contribution in [0.15, 0.2) is 24.3 Å². The molecule has 5 heteroatoms. The van der Waals surface area contributed by atoms with Crippen LogP contribution in [0.5, 0.6) is 0 Å². The number of para-hydroxylation sites is 1. The van der Waals surface area contributed by atoms with Crippen LogP contribution in [0.2, 0.25) is 0 Å². The summed E-state index contributed by atoms with van der Waals surface area (Å²) in [6.07, 6.45) is 0.969. The molecule has 2 atom stereocenters. The molecule has 0 radical (unpaired) electrons. The molecule has 2 N–H and O–H groups in total. The minimum absolute atomic E-state index is 0.0931. The van der Waals surface area contributed by atoms with Crippen molar-refractivity contribution in [1.29, 1.82) is 0 Å². The molecule has 4 nitrogen and oxygen atoms in total. The molecule has 17 heavy (non-hydrogen) atoms. The summed E-state index contributed by atoms with van der Waals surface area (Å²) in [6, 6.07) is 7.62. The molecule has 0 aliphatic carbocycles. The molecule has 1 aliphatic rings. The fourth-order valence-electron chi connectivity index (χ4n) is 1.81. The first kappa shape index (κ1) is 12.6. The van der Waals surface area contributed by atoms with Crippen molar-refractivity contribution in [3.8, 4) is 0 Å². The minimum Gasteiger partial charge on any atom is -0.376 e. The van der Waals surface area contributed by atoms with Gasteiger partial charge in [-0.1, -0.05) is 12.1 Å². The van der Waals surface area contributed by atoms with E-state index in [1.54, 1.807) is 0 Å². The average molecular weight is 346 g/mol. The number of amides is 2. The molecule has 0 bridgehead atoms. The van der Waals surface area contributed by atoms with E-state index in [2.05, 4.69) is 33.2 Å². The van der Waals surface area contributed by atoms with Crippen LogP contribution in [0.3, 0.4) is 0 Å². The van der Waals surface area contributed by atoms with Crippen molar-refractivity contribution in [2.24, 2.45) is 0 Å². The lowest BCUT2D eigenvalue weighted by atomic mass is 10.2. The lowest BCUT2D eigenvalue weighted by Crippen LogP contribution is -2.41. The van der Waals surface area contributed by atoms with Crippen molar-refractivity contribution in [3.05, 3.63) is 27.8 Å². The minimum atomic E-state index is -0.170. The lowest BCUT2D eigenvalue weighted by molar-refractivity contribution is 0.114. The maximum atomic E-state index is 11.8. The van der Waals surface area contributed by atoms with Crippen LogP contribution in [-0.4, -0.2) is 24.8 Å². The Kier molecular flexibility index (Phi) is 4.22. The first-order chi connectivity index (χ1) is 8.16. The molecule has 1 aromatic rings. The van der Waals surface area contributed by atoms with Crippen LogP contribution in [-0.2, 0) is 4.74 Å². The highest BCUT2D eigenvalue weighted by molar-refractivity contribution is 14.1. The number of halogens is 1. The topological polar surface area (TPSA) is 50.4 Å². The molecule has 1 saturated heterocycles. The Morgan fingerprint density at radius 3 is 2.88 bits per heavy atom. The molecule has 2 amide bonds. The van der Waals surface area contributed by atoms with E-state index in [0.717, 1.165) is 22.3 Å². The summed E-state index contributed by atoms with van der Waals surface area (Å²) in [6.45, 7) is 2.69. The number of ether oxygens (including phenoxy) is 1. The Labute approximate surface area is 114 Å². The van der Waals surface area contributed by atoms with Gasteiger partial charge in [0, 0.05) is 10.2 Å². The maximum Gasteiger partial charge on any atom is 0.319 e. The van der Waals surface area contributed by atoms with Crippen LogP contribution in [0.25, 0.3) is 0 Å². The molecule has 0 saturated carbocycles. The average Bonchev–Trinajstić information content (AvgIpc) is 2.68. The van der Waals surface area contributed by atoms with Gasteiger partial charge in [-0.05, 0) is 48.1 Å². The third kappa shape index (κ3) is 3.32. The van der Waals surface area contributed by atoms with Gasteiger partial charge in [0.1, 0.15) is 0 Å². The van der Waals surface area contributed by atoms with Crippen LogP contribution >= 0.6 is 22.6 Å². The molecule has 0 spiro atoms. The van der Waals surface area contributed by atoms with Gasteiger partial charge in [-0.2, -0.15) is 0 Å². The predicted molar refractivity (Wildman–Crippen MR) is 75.1 cm³/mol. The number of carbonyl (C=O) groups excluding carboxylic acids is 1. The van der Waals surface area contributed by atoms with Crippen molar-refractivity contribution >= 4 is 34.3 Å². The van der Waals surface area contributed by atoms with Gasteiger partial charge in [0.25, 0.3) is 0 Å². The van der Waals surface area contributed by atoms with Crippen molar-refractivity contribution in [2.75, 3.05) is 11.9 Å². The molecule has 1 aromatic carbocycles. The van der Waals surface area contributed by atoms with Crippen molar-refractivity contribution in [3.63, 3.8) is 0 Å². The van der Waals surface area contributed by atoms with E-state index in [1.807, 2.05) is 31.2 Å². The first-order valence-corrected chi connectivity index (χ1v) is 6.68. The highest BCUT2D eigenvalue weighted by Gasteiger charge is 2.25. The van der Waals surface area contributed by atoms with E-state index >= 15 is 0 Å². The van der Waals surface area contributed by atoms with E-state index in [-0.39, 0.29) is 18.2 Å². The number of carbonyl (C=O) groups is 1. The predicted octanol–water partition coefficient (Wildman–Crippen LogP) is 2.59. The van der Waals surface area contributed by atoms with Crippen LogP contribution in [0, 0.1) is 3.57 Å². The molecule has 0 unspecified atom stereocenters. The second-order valence-electron chi connectivity index (χ2n) is 4.05. The molecule has 2 rings (SSSR count). The Morgan fingerprint density at radius 1 is 1.47 bits per heavy atom. The van der Waals surface area contributed by atoms with E-state index in [1.165, 1.54) is 0 Å². The summed E-state index contributed by atoms with van der Waals surface area (Å²) in [5, 5.41) is 5.77. The van der Waals surface area contributed by atoms with Crippen molar-refractivity contribution in [1.82, 2.24) is 5.32 Å². The van der Waals surface area contributed by atoms with Gasteiger partial charge >= 0.3 is 6.03 Å². The molecule has 1 heterocycles. The standard InChI is InChI=1S/C12H15IN2O2/c1-8-10(6-7-17-8)14-12(16)15-11-5-3-2-4-9(11)13/h2-5,8,10H,6-7H2,1H3,(H2,14,15,16)/t8-,10-/m1/s1. The van der Waals surface area contributed by atoms with Crippen LogP contribution in [0.4, 0.5) is 10.5 Å². The number of urea groups is 1. The number of anilines is 1. The monoisotopic (exact) mass is 346 g/mol. The number of benzene rings is 1. The van der Waals surface area contributed by atoms with Gasteiger partial charge in [-0.3, -0.25) is 0 Å². The number of hydrogen-bond acceptors (Lipinski definition) is 2. The third-order valence-electron chi connectivity index (χ3n) is 2.81. The normalized spacial score (nSPS) is 23.4. The molecule has 0 aromatic heterocycles. The van der Waals surface area contributed by atoms with Gasteiger partial charge in [-0.25, -0.2) is 4.79 Å². The molecular formula is C12H15IN2O2. The van der Waals surface area contributed by atoms with Crippen molar-refractivity contribution in [2.45, 2.75) is 25.5 Å². The first-order valence-electron chi connectivity index (χ1n) is 5.60. The summed E-state index contributed by atoms with van der Waals surface area (Å²) in [5.41, 5.74) is 0.831. The fourth-order valence-corrected chi connectivity index (χ4v) is 2.33. The Balaban J connectivity index is 1.91. The van der Waals surface area contributed by atoms with Gasteiger partial charge in [0.05, 0.1) is 17.8 Å². The Bertz CT molecular complexity index is 411. The fraction of sp³-hybridized carbons (Fsp3) is 0.417. The quantitative estimate of drug-likeness (QED) is 0.809. The smallest absolute Gasteiger partial charge is 0.319 e. The highest BCUT2D eigenvalue weighted by Crippen LogP contribution is 2.17. The Morgan fingerprint density at radius 2 is 2.24 bits per heavy atom. The Hall–Kier alpha value is -0.820. The van der Waals surface area contributed by atoms with Gasteiger partial charge < -0.3 is 15.4 Å². The van der Waals surface area contributed by atoms with Gasteiger partial charge in [-0.15, -0.1) is 0 Å². The number of rotatable bonds is 2. The van der Waals surface area contributed by atoms with Crippen LogP contribution < -0.4 is 10.6 Å². The molecule has 1 aliphatic heterocycles. The van der Waals surface area contributed by atoms with E-state index in [4.69, 9.17) is 4.74 Å². The summed E-state index contributed by atoms with van der Waals surface area (Å²) in [7, 11) is 0. The van der Waals surface area contributed by atoms with E-state index in [9.17, 15) is 4.79 Å². The summed E-state index contributed by atoms with van der Waals surface area (Å²) < 4.78 is 6.42. The zero-order valence-electron chi connectivity index (χ0n) is 9.57. The zero-order chi connectivity index (χ0) is 12.3. The summed E-state index contributed by atoms with van der Waals surface area (Å²) >= 11 is 2.20. The van der Waals surface area contributed by atoms with Gasteiger partial charge in [0.15, 0.2) is 0 Å². The largest absolute Gasteiger partial charge is 0.376 e. The maximum absolute atomic E-state index is 11.8. The molecular weight excluding hydrogens is 331 g/mol. The number of nitrogens with one attached hydrogen (secondary N) is 2. The SMILES string of the molecule is C[C@H]1OCC[C@H]1NC(=O)Nc1ccccc1I.